The van der Waals surface area contributed by atoms with Crippen LogP contribution in [-0.2, 0) is 16.0 Å². The fourth-order valence-electron chi connectivity index (χ4n) is 2.72. The predicted molar refractivity (Wildman–Crippen MR) is 66.5 cm³/mol. The number of benzene rings is 1. The number of carbonyl (C=O) groups excluding carboxylic acids is 1. The van der Waals surface area contributed by atoms with Crippen LogP contribution < -0.4 is 5.32 Å². The molecular formula is C14H15NO3. The highest BCUT2D eigenvalue weighted by molar-refractivity contribution is 5.99. The number of anilines is 1. The third-order valence-corrected chi connectivity index (χ3v) is 3.77. The van der Waals surface area contributed by atoms with Crippen molar-refractivity contribution >= 4 is 17.6 Å². The van der Waals surface area contributed by atoms with E-state index in [2.05, 4.69) is 5.32 Å². The van der Waals surface area contributed by atoms with Gasteiger partial charge in [-0.3, -0.25) is 9.59 Å². The van der Waals surface area contributed by atoms with Crippen LogP contribution in [0.4, 0.5) is 5.69 Å². The minimum absolute atomic E-state index is 0.0170. The topological polar surface area (TPSA) is 66.4 Å². The van der Waals surface area contributed by atoms with Gasteiger partial charge in [0.15, 0.2) is 0 Å². The number of hydrogen-bond donors (Lipinski definition) is 2. The third-order valence-electron chi connectivity index (χ3n) is 3.77. The second kappa shape index (κ2) is 4.12. The quantitative estimate of drug-likeness (QED) is 0.854. The van der Waals surface area contributed by atoms with Crippen molar-refractivity contribution in [3.63, 3.8) is 0 Å². The summed E-state index contributed by atoms with van der Waals surface area (Å²) in [6.07, 6.45) is 2.83. The number of amides is 1. The van der Waals surface area contributed by atoms with Gasteiger partial charge in [0.2, 0.25) is 5.91 Å². The zero-order valence-corrected chi connectivity index (χ0v) is 9.98. The maximum Gasteiger partial charge on any atom is 0.303 e. The van der Waals surface area contributed by atoms with Crippen molar-refractivity contribution in [2.24, 2.45) is 5.92 Å². The highest BCUT2D eigenvalue weighted by Crippen LogP contribution is 2.45. The Balaban J connectivity index is 1.88. The fourth-order valence-corrected chi connectivity index (χ4v) is 2.72. The summed E-state index contributed by atoms with van der Waals surface area (Å²) in [5.74, 6) is -0.127. The summed E-state index contributed by atoms with van der Waals surface area (Å²) in [7, 11) is 0. The Morgan fingerprint density at radius 3 is 2.89 bits per heavy atom. The molecule has 1 heterocycles. The maximum atomic E-state index is 11.3. The van der Waals surface area contributed by atoms with E-state index in [0.29, 0.717) is 12.3 Å². The molecule has 0 spiro atoms. The van der Waals surface area contributed by atoms with Crippen LogP contribution in [0.15, 0.2) is 18.2 Å². The van der Waals surface area contributed by atoms with Crippen molar-refractivity contribution in [3.8, 4) is 0 Å². The second-order valence-electron chi connectivity index (χ2n) is 5.18. The number of fused-ring (bicyclic) bond motifs is 1. The molecule has 1 aromatic carbocycles. The van der Waals surface area contributed by atoms with Crippen molar-refractivity contribution in [3.05, 3.63) is 29.3 Å². The van der Waals surface area contributed by atoms with Crippen molar-refractivity contribution in [1.82, 2.24) is 0 Å². The summed E-state index contributed by atoms with van der Waals surface area (Å²) in [4.78, 5) is 22.2. The van der Waals surface area contributed by atoms with Gasteiger partial charge in [-0.25, -0.2) is 0 Å². The Kier molecular flexibility index (Phi) is 2.58. The minimum Gasteiger partial charge on any atom is -0.481 e. The lowest BCUT2D eigenvalue weighted by atomic mass is 9.89. The first-order valence-corrected chi connectivity index (χ1v) is 6.28. The molecule has 1 fully saturated rings. The van der Waals surface area contributed by atoms with Gasteiger partial charge in [0.05, 0.1) is 12.8 Å². The van der Waals surface area contributed by atoms with E-state index >= 15 is 0 Å². The normalized spacial score (nSPS) is 19.2. The van der Waals surface area contributed by atoms with Gasteiger partial charge in [0, 0.05) is 5.69 Å². The van der Waals surface area contributed by atoms with Gasteiger partial charge in [-0.2, -0.15) is 0 Å². The second-order valence-corrected chi connectivity index (χ2v) is 5.18. The van der Waals surface area contributed by atoms with E-state index < -0.39 is 5.97 Å². The Morgan fingerprint density at radius 2 is 2.22 bits per heavy atom. The molecule has 2 N–H and O–H groups in total. The highest BCUT2D eigenvalue weighted by atomic mass is 16.4. The van der Waals surface area contributed by atoms with Crippen LogP contribution >= 0.6 is 0 Å². The molecule has 1 aromatic rings. The summed E-state index contributed by atoms with van der Waals surface area (Å²) in [5, 5.41) is 11.8. The zero-order valence-electron chi connectivity index (χ0n) is 9.98. The Morgan fingerprint density at radius 1 is 1.44 bits per heavy atom. The lowest BCUT2D eigenvalue weighted by Gasteiger charge is -2.15. The van der Waals surface area contributed by atoms with Crippen molar-refractivity contribution in [2.45, 2.75) is 31.6 Å². The molecule has 0 aromatic heterocycles. The van der Waals surface area contributed by atoms with E-state index in [-0.39, 0.29) is 18.2 Å². The minimum atomic E-state index is -0.749. The summed E-state index contributed by atoms with van der Waals surface area (Å²) >= 11 is 0. The molecular weight excluding hydrogens is 230 g/mol. The predicted octanol–water partition coefficient (Wildman–Crippen LogP) is 2.15. The third kappa shape index (κ3) is 2.10. The summed E-state index contributed by atoms with van der Waals surface area (Å²) in [6.45, 7) is 0. The first kappa shape index (κ1) is 11.3. The van der Waals surface area contributed by atoms with E-state index in [1.807, 2.05) is 18.2 Å². The first-order chi connectivity index (χ1) is 8.63. The van der Waals surface area contributed by atoms with Crippen LogP contribution in [-0.4, -0.2) is 17.0 Å². The van der Waals surface area contributed by atoms with Gasteiger partial charge in [-0.15, -0.1) is 0 Å². The van der Waals surface area contributed by atoms with Crippen LogP contribution in [0.5, 0.6) is 0 Å². The molecule has 1 unspecified atom stereocenters. The molecule has 0 bridgehead atoms. The molecule has 1 saturated carbocycles. The van der Waals surface area contributed by atoms with Gasteiger partial charge in [0.25, 0.3) is 0 Å². The molecule has 0 saturated heterocycles. The Bertz CT molecular complexity index is 520. The monoisotopic (exact) mass is 245 g/mol. The van der Waals surface area contributed by atoms with Crippen LogP contribution in [0.1, 0.15) is 36.3 Å². The largest absolute Gasteiger partial charge is 0.481 e. The molecule has 2 aliphatic rings. The first-order valence-electron chi connectivity index (χ1n) is 6.28. The number of carboxylic acid groups (broad SMARTS) is 1. The average molecular weight is 245 g/mol. The SMILES string of the molecule is O=C(O)CC(c1ccc2c(c1)CC(=O)N2)C1CC1. The molecule has 4 nitrogen and oxygen atoms in total. The van der Waals surface area contributed by atoms with Crippen LogP contribution in [0.3, 0.4) is 0 Å². The van der Waals surface area contributed by atoms with E-state index in [1.54, 1.807) is 0 Å². The zero-order chi connectivity index (χ0) is 12.7. The van der Waals surface area contributed by atoms with Gasteiger partial charge in [-0.05, 0) is 41.9 Å². The number of rotatable bonds is 4. The lowest BCUT2D eigenvalue weighted by molar-refractivity contribution is -0.137. The van der Waals surface area contributed by atoms with Crippen LogP contribution in [0, 0.1) is 5.92 Å². The Labute approximate surface area is 105 Å². The molecule has 1 aliphatic carbocycles. The molecule has 1 atom stereocenters. The van der Waals surface area contributed by atoms with E-state index in [4.69, 9.17) is 5.11 Å². The van der Waals surface area contributed by atoms with E-state index in [9.17, 15) is 9.59 Å². The lowest BCUT2D eigenvalue weighted by Crippen LogP contribution is -2.08. The maximum absolute atomic E-state index is 11.3. The molecule has 94 valence electrons. The van der Waals surface area contributed by atoms with Crippen molar-refractivity contribution in [1.29, 1.82) is 0 Å². The molecule has 3 rings (SSSR count). The summed E-state index contributed by atoms with van der Waals surface area (Å²) in [5.41, 5.74) is 2.93. The molecule has 4 heteroatoms. The molecule has 1 amide bonds. The Hall–Kier alpha value is -1.84. The number of aliphatic carboxylic acids is 1. The summed E-state index contributed by atoms with van der Waals surface area (Å²) in [6, 6.07) is 5.85. The van der Waals surface area contributed by atoms with Crippen LogP contribution in [0.25, 0.3) is 0 Å². The highest BCUT2D eigenvalue weighted by Gasteiger charge is 2.34. The number of carboxylic acids is 1. The molecule has 0 radical (unpaired) electrons. The van der Waals surface area contributed by atoms with Crippen LogP contribution in [0.2, 0.25) is 0 Å². The van der Waals surface area contributed by atoms with E-state index in [1.165, 1.54) is 0 Å². The molecule has 18 heavy (non-hydrogen) atoms. The van der Waals surface area contributed by atoms with Gasteiger partial charge >= 0.3 is 5.97 Å². The number of nitrogens with one attached hydrogen (secondary N) is 1. The fraction of sp³-hybridized carbons (Fsp3) is 0.429. The van der Waals surface area contributed by atoms with Crippen molar-refractivity contribution < 1.29 is 14.7 Å². The van der Waals surface area contributed by atoms with Crippen molar-refractivity contribution in [2.75, 3.05) is 5.32 Å². The van der Waals surface area contributed by atoms with Gasteiger partial charge in [0.1, 0.15) is 0 Å². The number of hydrogen-bond acceptors (Lipinski definition) is 2. The molecule has 1 aliphatic heterocycles. The number of carbonyl (C=O) groups is 2. The van der Waals surface area contributed by atoms with Gasteiger partial charge < -0.3 is 10.4 Å². The standard InChI is InChI=1S/C14H15NO3/c16-13-6-10-5-9(3-4-12(10)15-13)11(7-14(17)18)8-1-2-8/h3-5,8,11H,1-2,6-7H2,(H,15,16)(H,17,18). The van der Waals surface area contributed by atoms with Gasteiger partial charge in [-0.1, -0.05) is 12.1 Å². The average Bonchev–Trinajstić information content (AvgIpc) is 3.06. The van der Waals surface area contributed by atoms with E-state index in [0.717, 1.165) is 29.7 Å². The smallest absolute Gasteiger partial charge is 0.303 e. The summed E-state index contributed by atoms with van der Waals surface area (Å²) < 4.78 is 0.